The Hall–Kier alpha value is -3.14. The third-order valence-corrected chi connectivity index (χ3v) is 3.28. The summed E-state index contributed by atoms with van der Waals surface area (Å²) in [6, 6.07) is 17.3. The van der Waals surface area contributed by atoms with Gasteiger partial charge >= 0.3 is 5.97 Å². The van der Waals surface area contributed by atoms with Crippen LogP contribution in [0.5, 0.6) is 0 Å². The molecule has 0 radical (unpaired) electrons. The van der Waals surface area contributed by atoms with E-state index >= 15 is 0 Å². The minimum atomic E-state index is -0.469. The van der Waals surface area contributed by atoms with Gasteiger partial charge in [0.05, 0.1) is 18.9 Å². The number of ether oxygens (including phenoxy) is 2. The van der Waals surface area contributed by atoms with E-state index in [4.69, 9.17) is 4.74 Å². The Kier molecular flexibility index (Phi) is 4.34. The summed E-state index contributed by atoms with van der Waals surface area (Å²) in [5, 5.41) is 0. The molecule has 0 fully saturated rings. The average molecular weight is 305 g/mol. The van der Waals surface area contributed by atoms with Gasteiger partial charge in [-0.15, -0.1) is 0 Å². The minimum absolute atomic E-state index is 0.419. The molecule has 0 bridgehead atoms. The maximum Gasteiger partial charge on any atom is 0.334 e. The van der Waals surface area contributed by atoms with Crippen LogP contribution in [0.25, 0.3) is 11.8 Å². The van der Waals surface area contributed by atoms with Gasteiger partial charge in [-0.05, 0) is 23.8 Å². The molecule has 1 aliphatic heterocycles. The molecule has 0 saturated carbocycles. The highest BCUT2D eigenvalue weighted by Gasteiger charge is 2.18. The van der Waals surface area contributed by atoms with Gasteiger partial charge in [0.25, 0.3) is 0 Å². The Labute approximate surface area is 134 Å². The highest BCUT2D eigenvalue weighted by Crippen LogP contribution is 2.32. The van der Waals surface area contributed by atoms with Crippen molar-refractivity contribution in [3.8, 4) is 0 Å². The number of esters is 1. The molecule has 23 heavy (non-hydrogen) atoms. The Morgan fingerprint density at radius 3 is 2.57 bits per heavy atom. The molecular formula is C19H15NO3. The lowest BCUT2D eigenvalue weighted by molar-refractivity contribution is -0.134. The van der Waals surface area contributed by atoms with Gasteiger partial charge in [0.15, 0.2) is 0 Å². The van der Waals surface area contributed by atoms with E-state index in [0.29, 0.717) is 11.7 Å². The predicted octanol–water partition coefficient (Wildman–Crippen LogP) is 3.97. The van der Waals surface area contributed by atoms with Gasteiger partial charge < -0.3 is 9.47 Å². The third-order valence-electron chi connectivity index (χ3n) is 3.28. The number of rotatable bonds is 3. The number of hydrogen-bond donors (Lipinski definition) is 0. The number of hydrogen-bond acceptors (Lipinski definition) is 4. The second-order valence-corrected chi connectivity index (χ2v) is 4.85. The van der Waals surface area contributed by atoms with Gasteiger partial charge in [-0.25, -0.2) is 9.79 Å². The smallest absolute Gasteiger partial charge is 0.334 e. The van der Waals surface area contributed by atoms with E-state index in [2.05, 4.69) is 9.73 Å². The largest absolute Gasteiger partial charge is 0.466 e. The van der Waals surface area contributed by atoms with E-state index in [1.807, 2.05) is 60.7 Å². The summed E-state index contributed by atoms with van der Waals surface area (Å²) >= 11 is 0. The van der Waals surface area contributed by atoms with E-state index in [1.54, 1.807) is 6.08 Å². The van der Waals surface area contributed by atoms with E-state index in [1.165, 1.54) is 13.2 Å². The zero-order valence-corrected chi connectivity index (χ0v) is 12.6. The zero-order chi connectivity index (χ0) is 16.1. The standard InChI is InChI=1S/C19H15NO3/c1-22-19(21)13-17-15-9-5-6-10-16(15)20-18(23-17)12-11-14-7-3-2-4-8-14/h2-13H,1H3/b12-11+,17-13-. The summed E-state index contributed by atoms with van der Waals surface area (Å²) in [4.78, 5) is 16.0. The van der Waals surface area contributed by atoms with Crippen molar-refractivity contribution >= 4 is 29.4 Å². The number of methoxy groups -OCH3 is 1. The Balaban J connectivity index is 1.94. The first kappa shape index (κ1) is 14.8. The average Bonchev–Trinajstić information content (AvgIpc) is 2.60. The molecule has 0 aliphatic carbocycles. The molecule has 0 unspecified atom stereocenters. The molecule has 2 aromatic rings. The van der Waals surface area contributed by atoms with Gasteiger partial charge in [0.1, 0.15) is 5.76 Å². The van der Waals surface area contributed by atoms with Crippen LogP contribution < -0.4 is 0 Å². The number of para-hydroxylation sites is 1. The Morgan fingerprint density at radius 2 is 1.78 bits per heavy atom. The molecule has 1 heterocycles. The molecule has 114 valence electrons. The van der Waals surface area contributed by atoms with E-state index < -0.39 is 5.97 Å². The van der Waals surface area contributed by atoms with Crippen molar-refractivity contribution in [1.82, 2.24) is 0 Å². The van der Waals surface area contributed by atoms with Crippen LogP contribution in [-0.4, -0.2) is 19.0 Å². The van der Waals surface area contributed by atoms with Crippen molar-refractivity contribution < 1.29 is 14.3 Å². The summed E-state index contributed by atoms with van der Waals surface area (Å²) in [7, 11) is 1.33. The Bertz CT molecular complexity index is 804. The third kappa shape index (κ3) is 3.55. The highest BCUT2D eigenvalue weighted by molar-refractivity contribution is 6.03. The van der Waals surface area contributed by atoms with Crippen molar-refractivity contribution in [3.63, 3.8) is 0 Å². The first-order chi connectivity index (χ1) is 11.3. The summed E-state index contributed by atoms with van der Waals surface area (Å²) in [5.74, 6) is 0.376. The maximum atomic E-state index is 11.5. The molecule has 0 amide bonds. The molecule has 0 spiro atoms. The molecule has 4 nitrogen and oxygen atoms in total. The second kappa shape index (κ2) is 6.75. The number of fused-ring (bicyclic) bond motifs is 1. The van der Waals surface area contributed by atoms with Crippen LogP contribution in [0, 0.1) is 0 Å². The number of nitrogens with zero attached hydrogens (tertiary/aromatic N) is 1. The van der Waals surface area contributed by atoms with E-state index in [9.17, 15) is 4.79 Å². The highest BCUT2D eigenvalue weighted by atomic mass is 16.5. The molecule has 2 aromatic carbocycles. The number of aliphatic imine (C=N–C) groups is 1. The van der Waals surface area contributed by atoms with Crippen molar-refractivity contribution in [3.05, 3.63) is 77.9 Å². The summed E-state index contributed by atoms with van der Waals surface area (Å²) < 4.78 is 10.4. The lowest BCUT2D eigenvalue weighted by atomic mass is 10.1. The molecule has 4 heteroatoms. The molecular weight excluding hydrogens is 290 g/mol. The van der Waals surface area contributed by atoms with Crippen molar-refractivity contribution in [1.29, 1.82) is 0 Å². The maximum absolute atomic E-state index is 11.5. The number of carbonyl (C=O) groups is 1. The van der Waals surface area contributed by atoms with Crippen LogP contribution in [0.15, 0.2) is 71.7 Å². The summed E-state index contributed by atoms with van der Waals surface area (Å²) in [6.07, 6.45) is 5.00. The van der Waals surface area contributed by atoms with Gasteiger partial charge in [0.2, 0.25) is 5.90 Å². The van der Waals surface area contributed by atoms with Crippen molar-refractivity contribution in [2.75, 3.05) is 7.11 Å². The molecule has 0 aromatic heterocycles. The number of benzene rings is 2. The molecule has 0 saturated heterocycles. The van der Waals surface area contributed by atoms with Crippen LogP contribution in [0.3, 0.4) is 0 Å². The van der Waals surface area contributed by atoms with E-state index in [0.717, 1.165) is 16.8 Å². The fraction of sp³-hybridized carbons (Fsp3) is 0.0526. The SMILES string of the molecule is COC(=O)/C=C1\OC(/C=C/c2ccccc2)=Nc2ccccc21. The van der Waals surface area contributed by atoms with Crippen molar-refractivity contribution in [2.45, 2.75) is 0 Å². The molecule has 0 atom stereocenters. The fourth-order valence-corrected chi connectivity index (χ4v) is 2.16. The minimum Gasteiger partial charge on any atom is -0.466 e. The lowest BCUT2D eigenvalue weighted by Gasteiger charge is -2.17. The van der Waals surface area contributed by atoms with Crippen LogP contribution in [0.1, 0.15) is 11.1 Å². The number of carbonyl (C=O) groups excluding carboxylic acids is 1. The summed E-state index contributed by atoms with van der Waals surface area (Å²) in [5.41, 5.74) is 2.55. The van der Waals surface area contributed by atoms with E-state index in [-0.39, 0.29) is 0 Å². The van der Waals surface area contributed by atoms with Crippen molar-refractivity contribution in [2.24, 2.45) is 4.99 Å². The quantitative estimate of drug-likeness (QED) is 0.636. The van der Waals surface area contributed by atoms with Crippen LogP contribution in [0.2, 0.25) is 0 Å². The topological polar surface area (TPSA) is 47.9 Å². The van der Waals surface area contributed by atoms with Crippen LogP contribution in [-0.2, 0) is 14.3 Å². The van der Waals surface area contributed by atoms with Crippen LogP contribution in [0.4, 0.5) is 5.69 Å². The zero-order valence-electron chi connectivity index (χ0n) is 12.6. The molecule has 3 rings (SSSR count). The summed E-state index contributed by atoms with van der Waals surface area (Å²) in [6.45, 7) is 0. The van der Waals surface area contributed by atoms with Gasteiger partial charge in [-0.2, -0.15) is 0 Å². The fourth-order valence-electron chi connectivity index (χ4n) is 2.16. The van der Waals surface area contributed by atoms with Gasteiger partial charge in [-0.3, -0.25) is 0 Å². The second-order valence-electron chi connectivity index (χ2n) is 4.85. The first-order valence-corrected chi connectivity index (χ1v) is 7.15. The van der Waals surface area contributed by atoms with Gasteiger partial charge in [0, 0.05) is 11.6 Å². The monoisotopic (exact) mass is 305 g/mol. The Morgan fingerprint density at radius 1 is 1.04 bits per heavy atom. The molecule has 1 aliphatic rings. The normalized spacial score (nSPS) is 15.0. The molecule has 0 N–H and O–H groups in total. The van der Waals surface area contributed by atoms with Crippen LogP contribution >= 0.6 is 0 Å². The van der Waals surface area contributed by atoms with Gasteiger partial charge in [-0.1, -0.05) is 42.5 Å². The first-order valence-electron chi connectivity index (χ1n) is 7.15. The lowest BCUT2D eigenvalue weighted by Crippen LogP contribution is -2.08. The predicted molar refractivity (Wildman–Crippen MR) is 90.1 cm³/mol.